The van der Waals surface area contributed by atoms with E-state index >= 15 is 0 Å². The van der Waals surface area contributed by atoms with Gasteiger partial charge in [0.1, 0.15) is 17.1 Å². The molecule has 168 valence electrons. The van der Waals surface area contributed by atoms with Crippen LogP contribution in [0.3, 0.4) is 0 Å². The number of ether oxygens (including phenoxy) is 1. The summed E-state index contributed by atoms with van der Waals surface area (Å²) >= 11 is 0. The lowest BCUT2D eigenvalue weighted by Gasteiger charge is -2.36. The van der Waals surface area contributed by atoms with Gasteiger partial charge in [-0.1, -0.05) is 23.8 Å². The number of hydrogen-bond acceptors (Lipinski definition) is 7. The minimum absolute atomic E-state index is 0.609. The number of piperidine rings is 1. The molecule has 1 atom stereocenters. The third kappa shape index (κ3) is 4.91. The van der Waals surface area contributed by atoms with E-state index in [0.717, 1.165) is 19.0 Å². The first-order chi connectivity index (χ1) is 15.8. The van der Waals surface area contributed by atoms with Crippen LogP contribution in [0.1, 0.15) is 37.7 Å². The molecule has 2 aromatic heterocycles. The molecule has 0 spiro atoms. The average molecular weight is 434 g/mol. The van der Waals surface area contributed by atoms with E-state index in [1.165, 1.54) is 49.9 Å². The Balaban J connectivity index is 1.18. The highest BCUT2D eigenvalue weighted by Gasteiger charge is 2.23. The fraction of sp³-hybridized carbons (Fsp3) is 0.500. The molecule has 2 aliphatic rings. The third-order valence-electron chi connectivity index (χ3n) is 6.65. The molecule has 1 aliphatic carbocycles. The van der Waals surface area contributed by atoms with E-state index in [1.54, 1.807) is 13.3 Å². The number of benzene rings is 1. The summed E-state index contributed by atoms with van der Waals surface area (Å²) in [5, 5.41) is 20.4. The number of methoxy groups -OCH3 is 1. The summed E-state index contributed by atoms with van der Waals surface area (Å²) in [6.07, 6.45) is 10.2. The van der Waals surface area contributed by atoms with Gasteiger partial charge in [0.2, 0.25) is 0 Å². The lowest BCUT2D eigenvalue weighted by Crippen LogP contribution is -2.47. The van der Waals surface area contributed by atoms with Crippen LogP contribution in [0.25, 0.3) is 11.4 Å². The molecular weight excluding hydrogens is 402 g/mol. The van der Waals surface area contributed by atoms with Crippen molar-refractivity contribution in [3.8, 4) is 17.1 Å². The molecule has 32 heavy (non-hydrogen) atoms. The van der Waals surface area contributed by atoms with Crippen molar-refractivity contribution < 1.29 is 4.74 Å². The van der Waals surface area contributed by atoms with Gasteiger partial charge in [-0.15, -0.1) is 10.2 Å². The summed E-state index contributed by atoms with van der Waals surface area (Å²) in [6.45, 7) is 4.09. The summed E-state index contributed by atoms with van der Waals surface area (Å²) in [6, 6.07) is 11.3. The van der Waals surface area contributed by atoms with Crippen LogP contribution < -0.4 is 15.0 Å². The molecule has 1 aromatic carbocycles. The third-order valence-corrected chi connectivity index (χ3v) is 6.65. The van der Waals surface area contributed by atoms with Crippen LogP contribution in [-0.4, -0.2) is 58.0 Å². The zero-order valence-corrected chi connectivity index (χ0v) is 18.7. The number of hydrogen-bond donors (Lipinski definition) is 1. The predicted molar refractivity (Wildman–Crippen MR) is 124 cm³/mol. The van der Waals surface area contributed by atoms with Crippen molar-refractivity contribution in [1.29, 1.82) is 0 Å². The second-order valence-corrected chi connectivity index (χ2v) is 8.94. The van der Waals surface area contributed by atoms with Crippen molar-refractivity contribution in [3.63, 3.8) is 0 Å². The standard InChI is InChI=1S/C24H31N7O/c1-32-22-12-23(27-26-14-22)24-17-31(29-28-24)15-19-7-9-21(10-8-19)30-11-3-6-20(16-30)25-13-18-4-2-5-18/h7-10,12,14,17-18,20,25H,2-6,11,13,15-16H2,1H3/t20-/m1/s1. The molecule has 1 aliphatic heterocycles. The summed E-state index contributed by atoms with van der Waals surface area (Å²) < 4.78 is 7.04. The second-order valence-electron chi connectivity index (χ2n) is 8.94. The maximum atomic E-state index is 5.21. The van der Waals surface area contributed by atoms with Crippen LogP contribution in [0.2, 0.25) is 0 Å². The van der Waals surface area contributed by atoms with E-state index in [9.17, 15) is 0 Å². The van der Waals surface area contributed by atoms with E-state index < -0.39 is 0 Å². The Morgan fingerprint density at radius 1 is 1.06 bits per heavy atom. The van der Waals surface area contributed by atoms with Crippen LogP contribution in [0.5, 0.6) is 5.75 Å². The van der Waals surface area contributed by atoms with E-state index in [0.29, 0.717) is 29.7 Å². The molecule has 8 heteroatoms. The molecule has 0 amide bonds. The molecule has 3 aromatic rings. The van der Waals surface area contributed by atoms with Gasteiger partial charge in [-0.3, -0.25) is 0 Å². The summed E-state index contributed by atoms with van der Waals surface area (Å²) in [5.41, 5.74) is 3.83. The minimum atomic E-state index is 0.609. The van der Waals surface area contributed by atoms with E-state index in [2.05, 4.69) is 55.0 Å². The topological polar surface area (TPSA) is 81.0 Å². The fourth-order valence-corrected chi connectivity index (χ4v) is 4.49. The summed E-state index contributed by atoms with van der Waals surface area (Å²) in [7, 11) is 1.61. The van der Waals surface area contributed by atoms with E-state index in [1.807, 2.05) is 16.9 Å². The molecule has 5 rings (SSSR count). The van der Waals surface area contributed by atoms with Gasteiger partial charge >= 0.3 is 0 Å². The number of anilines is 1. The first-order valence-electron chi connectivity index (χ1n) is 11.6. The van der Waals surface area contributed by atoms with Crippen molar-refractivity contribution in [2.45, 2.75) is 44.7 Å². The lowest BCUT2D eigenvalue weighted by molar-refractivity contribution is 0.280. The van der Waals surface area contributed by atoms with Crippen LogP contribution in [0.4, 0.5) is 5.69 Å². The molecule has 1 N–H and O–H groups in total. The molecule has 0 radical (unpaired) electrons. The Morgan fingerprint density at radius 3 is 2.72 bits per heavy atom. The van der Waals surface area contributed by atoms with Crippen molar-refractivity contribution >= 4 is 5.69 Å². The van der Waals surface area contributed by atoms with Gasteiger partial charge in [-0.2, -0.15) is 5.10 Å². The molecular formula is C24H31N7O. The average Bonchev–Trinajstić information content (AvgIpc) is 3.27. The number of nitrogens with one attached hydrogen (secondary N) is 1. The minimum Gasteiger partial charge on any atom is -0.495 e. The number of rotatable bonds is 8. The molecule has 0 unspecified atom stereocenters. The van der Waals surface area contributed by atoms with Gasteiger partial charge in [-0.05, 0) is 55.8 Å². The van der Waals surface area contributed by atoms with Crippen LogP contribution in [-0.2, 0) is 6.54 Å². The monoisotopic (exact) mass is 433 g/mol. The van der Waals surface area contributed by atoms with Gasteiger partial charge in [0.05, 0.1) is 26.0 Å². The Kier molecular flexibility index (Phi) is 6.29. The van der Waals surface area contributed by atoms with Crippen molar-refractivity contribution in [1.82, 2.24) is 30.5 Å². The molecule has 3 heterocycles. The second kappa shape index (κ2) is 9.65. The van der Waals surface area contributed by atoms with Crippen LogP contribution >= 0.6 is 0 Å². The van der Waals surface area contributed by atoms with Gasteiger partial charge in [0, 0.05) is 30.9 Å². The van der Waals surface area contributed by atoms with Crippen LogP contribution in [0.15, 0.2) is 42.7 Å². The first kappa shape index (κ1) is 20.9. The Bertz CT molecular complexity index is 1020. The highest BCUT2D eigenvalue weighted by atomic mass is 16.5. The van der Waals surface area contributed by atoms with Gasteiger partial charge in [0.25, 0.3) is 0 Å². The smallest absolute Gasteiger partial charge is 0.141 e. The first-order valence-corrected chi connectivity index (χ1v) is 11.6. The van der Waals surface area contributed by atoms with Crippen LogP contribution in [0, 0.1) is 5.92 Å². The molecule has 2 fully saturated rings. The molecule has 8 nitrogen and oxygen atoms in total. The summed E-state index contributed by atoms with van der Waals surface area (Å²) in [5.74, 6) is 1.57. The Hall–Kier alpha value is -3.00. The predicted octanol–water partition coefficient (Wildman–Crippen LogP) is 3.15. The molecule has 1 saturated carbocycles. The lowest BCUT2D eigenvalue weighted by atomic mass is 9.85. The Morgan fingerprint density at radius 2 is 1.94 bits per heavy atom. The highest BCUT2D eigenvalue weighted by molar-refractivity contribution is 5.53. The Labute approximate surface area is 189 Å². The normalized spacial score (nSPS) is 19.0. The highest BCUT2D eigenvalue weighted by Crippen LogP contribution is 2.26. The van der Waals surface area contributed by atoms with Crippen molar-refractivity contribution in [2.75, 3.05) is 31.6 Å². The van der Waals surface area contributed by atoms with E-state index in [4.69, 9.17) is 4.74 Å². The maximum Gasteiger partial charge on any atom is 0.141 e. The number of nitrogens with zero attached hydrogens (tertiary/aromatic N) is 6. The fourth-order valence-electron chi connectivity index (χ4n) is 4.49. The van der Waals surface area contributed by atoms with Gasteiger partial charge in [-0.25, -0.2) is 4.68 Å². The van der Waals surface area contributed by atoms with Gasteiger partial charge < -0.3 is 15.0 Å². The molecule has 0 bridgehead atoms. The number of aromatic nitrogens is 5. The largest absolute Gasteiger partial charge is 0.495 e. The SMILES string of the molecule is COc1cnnc(-c2cn(Cc3ccc(N4CCC[C@@H](NCC5CCC5)C4)cc3)nn2)c1. The van der Waals surface area contributed by atoms with Crippen molar-refractivity contribution in [3.05, 3.63) is 48.3 Å². The van der Waals surface area contributed by atoms with Gasteiger partial charge in [0.15, 0.2) is 0 Å². The zero-order valence-electron chi connectivity index (χ0n) is 18.7. The van der Waals surface area contributed by atoms with Crippen molar-refractivity contribution in [2.24, 2.45) is 5.92 Å². The quantitative estimate of drug-likeness (QED) is 0.584. The summed E-state index contributed by atoms with van der Waals surface area (Å²) in [4.78, 5) is 2.51. The maximum absolute atomic E-state index is 5.21. The zero-order chi connectivity index (χ0) is 21.8. The molecule has 1 saturated heterocycles. The van der Waals surface area contributed by atoms with E-state index in [-0.39, 0.29) is 0 Å².